The molecule has 1 amide bonds. The van der Waals surface area contributed by atoms with Gasteiger partial charge in [-0.1, -0.05) is 25.4 Å². The zero-order chi connectivity index (χ0) is 20.7. The van der Waals surface area contributed by atoms with Crippen LogP contribution in [0.4, 0.5) is 0 Å². The molecular formula is C20H25ClN2O5. The van der Waals surface area contributed by atoms with Crippen molar-refractivity contribution in [3.63, 3.8) is 0 Å². The number of benzene rings is 1. The molecule has 1 N–H and O–H groups in total. The molecule has 28 heavy (non-hydrogen) atoms. The van der Waals surface area contributed by atoms with E-state index in [2.05, 4.69) is 11.4 Å². The molecule has 0 aromatic heterocycles. The van der Waals surface area contributed by atoms with Gasteiger partial charge in [-0.15, -0.1) is 0 Å². The van der Waals surface area contributed by atoms with Crippen LogP contribution in [0.2, 0.25) is 5.02 Å². The fraction of sp³-hybridized carbons (Fsp3) is 0.550. The largest absolute Gasteiger partial charge is 0.493 e. The summed E-state index contributed by atoms with van der Waals surface area (Å²) in [5, 5.41) is 12.2. The summed E-state index contributed by atoms with van der Waals surface area (Å²) in [7, 11) is 1.44. The first kappa shape index (κ1) is 21.8. The van der Waals surface area contributed by atoms with Gasteiger partial charge in [0.15, 0.2) is 18.1 Å². The van der Waals surface area contributed by atoms with E-state index in [4.69, 9.17) is 25.8 Å². The van der Waals surface area contributed by atoms with Gasteiger partial charge < -0.3 is 19.5 Å². The molecule has 0 bridgehead atoms. The molecule has 1 saturated carbocycles. The number of nitrogens with zero attached hydrogens (tertiary/aromatic N) is 1. The summed E-state index contributed by atoms with van der Waals surface area (Å²) in [4.78, 5) is 24.4. The number of halogens is 1. The normalized spacial score (nSPS) is 15.0. The molecule has 152 valence electrons. The van der Waals surface area contributed by atoms with Gasteiger partial charge in [0.2, 0.25) is 0 Å². The van der Waals surface area contributed by atoms with Crippen LogP contribution >= 0.6 is 11.6 Å². The molecule has 8 heteroatoms. The molecule has 0 spiro atoms. The van der Waals surface area contributed by atoms with Gasteiger partial charge in [-0.25, -0.2) is 4.79 Å². The number of carbonyl (C=O) groups is 2. The number of carbonyl (C=O) groups excluding carboxylic acids is 2. The molecule has 1 aliphatic carbocycles. The smallest absolute Gasteiger partial charge is 0.338 e. The van der Waals surface area contributed by atoms with Crippen molar-refractivity contribution < 1.29 is 23.8 Å². The van der Waals surface area contributed by atoms with Crippen LogP contribution in [0.3, 0.4) is 0 Å². The molecule has 0 unspecified atom stereocenters. The minimum Gasteiger partial charge on any atom is -0.493 e. The van der Waals surface area contributed by atoms with Crippen LogP contribution < -0.4 is 14.8 Å². The van der Waals surface area contributed by atoms with Crippen molar-refractivity contribution in [3.05, 3.63) is 22.7 Å². The van der Waals surface area contributed by atoms with E-state index in [1.54, 1.807) is 0 Å². The van der Waals surface area contributed by atoms with Gasteiger partial charge in [0, 0.05) is 0 Å². The van der Waals surface area contributed by atoms with Crippen molar-refractivity contribution >= 4 is 23.5 Å². The van der Waals surface area contributed by atoms with E-state index in [1.807, 2.05) is 13.8 Å². The maximum Gasteiger partial charge on any atom is 0.338 e. The number of rotatable bonds is 8. The Bertz CT molecular complexity index is 767. The van der Waals surface area contributed by atoms with Crippen molar-refractivity contribution in [1.82, 2.24) is 5.32 Å². The maximum absolute atomic E-state index is 12.3. The summed E-state index contributed by atoms with van der Waals surface area (Å²) in [6, 6.07) is 5.02. The standard InChI is InChI=1S/C20H25ClN2O5/c1-13(2)10-27-18-15(21)8-14(9-16(18)26-3)19(25)28-11-17(24)23-20(12-22)6-4-5-7-20/h8-9,13H,4-7,10-11H2,1-3H3,(H,23,24). The Morgan fingerprint density at radius 3 is 2.57 bits per heavy atom. The fourth-order valence-electron chi connectivity index (χ4n) is 2.99. The lowest BCUT2D eigenvalue weighted by atomic mass is 10.00. The molecule has 1 fully saturated rings. The number of ether oxygens (including phenoxy) is 3. The lowest BCUT2D eigenvalue weighted by Gasteiger charge is -2.21. The molecule has 1 aromatic rings. The lowest BCUT2D eigenvalue weighted by Crippen LogP contribution is -2.46. The van der Waals surface area contributed by atoms with Gasteiger partial charge in [0.05, 0.1) is 30.4 Å². The first-order chi connectivity index (χ1) is 13.3. The average molecular weight is 409 g/mol. The van der Waals surface area contributed by atoms with E-state index in [-0.39, 0.29) is 10.6 Å². The fourth-order valence-corrected chi connectivity index (χ4v) is 3.25. The van der Waals surface area contributed by atoms with Crippen LogP contribution in [-0.4, -0.2) is 37.7 Å². The van der Waals surface area contributed by atoms with E-state index in [1.165, 1.54) is 19.2 Å². The third kappa shape index (κ3) is 5.52. The van der Waals surface area contributed by atoms with Crippen LogP contribution in [0, 0.1) is 17.2 Å². The highest BCUT2D eigenvalue weighted by Gasteiger charge is 2.35. The molecule has 1 aliphatic rings. The van der Waals surface area contributed by atoms with Crippen LogP contribution in [0.5, 0.6) is 11.5 Å². The monoisotopic (exact) mass is 408 g/mol. The van der Waals surface area contributed by atoms with Gasteiger partial charge in [-0.05, 0) is 43.7 Å². The van der Waals surface area contributed by atoms with Crippen molar-refractivity contribution in [1.29, 1.82) is 5.26 Å². The number of methoxy groups -OCH3 is 1. The number of nitriles is 1. The quantitative estimate of drug-likeness (QED) is 0.661. The second-order valence-corrected chi connectivity index (χ2v) is 7.63. The summed E-state index contributed by atoms with van der Waals surface area (Å²) in [6.07, 6.45) is 2.98. The maximum atomic E-state index is 12.3. The molecule has 7 nitrogen and oxygen atoms in total. The van der Waals surface area contributed by atoms with Gasteiger partial charge in [0.1, 0.15) is 5.54 Å². The number of hydrogen-bond acceptors (Lipinski definition) is 6. The third-order valence-electron chi connectivity index (χ3n) is 4.41. The van der Waals surface area contributed by atoms with Gasteiger partial charge >= 0.3 is 5.97 Å². The highest BCUT2D eigenvalue weighted by atomic mass is 35.5. The lowest BCUT2D eigenvalue weighted by molar-refractivity contribution is -0.125. The van der Waals surface area contributed by atoms with Crippen molar-refractivity contribution in [2.75, 3.05) is 20.3 Å². The zero-order valence-electron chi connectivity index (χ0n) is 16.3. The van der Waals surface area contributed by atoms with E-state index < -0.39 is 24.0 Å². The topological polar surface area (TPSA) is 97.6 Å². The highest BCUT2D eigenvalue weighted by molar-refractivity contribution is 6.32. The van der Waals surface area contributed by atoms with E-state index in [0.29, 0.717) is 36.9 Å². The average Bonchev–Trinajstić information content (AvgIpc) is 3.13. The predicted octanol–water partition coefficient (Wildman–Crippen LogP) is 3.49. The third-order valence-corrected chi connectivity index (χ3v) is 4.69. The number of hydrogen-bond donors (Lipinski definition) is 1. The van der Waals surface area contributed by atoms with E-state index in [9.17, 15) is 14.9 Å². The minimum absolute atomic E-state index is 0.141. The Hall–Kier alpha value is -2.46. The van der Waals surface area contributed by atoms with Crippen LogP contribution in [0.1, 0.15) is 49.9 Å². The van der Waals surface area contributed by atoms with E-state index >= 15 is 0 Å². The van der Waals surface area contributed by atoms with Gasteiger partial charge in [-0.2, -0.15) is 5.26 Å². The van der Waals surface area contributed by atoms with Crippen molar-refractivity contribution in [2.45, 2.75) is 45.1 Å². The molecule has 0 atom stereocenters. The molecule has 2 rings (SSSR count). The molecular weight excluding hydrogens is 384 g/mol. The highest BCUT2D eigenvalue weighted by Crippen LogP contribution is 2.37. The summed E-state index contributed by atoms with van der Waals surface area (Å²) in [5.74, 6) is -0.279. The Kier molecular flexibility index (Phi) is 7.53. The molecule has 0 radical (unpaired) electrons. The Balaban J connectivity index is 2.01. The van der Waals surface area contributed by atoms with Crippen LogP contribution in [0.15, 0.2) is 12.1 Å². The van der Waals surface area contributed by atoms with Crippen molar-refractivity contribution in [3.8, 4) is 17.6 Å². The summed E-state index contributed by atoms with van der Waals surface area (Å²) >= 11 is 6.23. The summed E-state index contributed by atoms with van der Waals surface area (Å²) in [5.41, 5.74) is -0.715. The Labute approximate surface area is 169 Å². The van der Waals surface area contributed by atoms with Crippen molar-refractivity contribution in [2.24, 2.45) is 5.92 Å². The first-order valence-corrected chi connectivity index (χ1v) is 9.58. The molecule has 1 aromatic carbocycles. The van der Waals surface area contributed by atoms with Gasteiger partial charge in [0.25, 0.3) is 5.91 Å². The number of nitrogens with one attached hydrogen (secondary N) is 1. The first-order valence-electron chi connectivity index (χ1n) is 9.20. The predicted molar refractivity (Wildman–Crippen MR) is 104 cm³/mol. The number of amides is 1. The molecule has 0 saturated heterocycles. The second-order valence-electron chi connectivity index (χ2n) is 7.22. The molecule has 0 aliphatic heterocycles. The Morgan fingerprint density at radius 2 is 2.00 bits per heavy atom. The SMILES string of the molecule is COc1cc(C(=O)OCC(=O)NC2(C#N)CCCC2)cc(Cl)c1OCC(C)C. The minimum atomic E-state index is -0.856. The summed E-state index contributed by atoms with van der Waals surface area (Å²) < 4.78 is 16.0. The van der Waals surface area contributed by atoms with Crippen LogP contribution in [0.25, 0.3) is 0 Å². The Morgan fingerprint density at radius 1 is 1.32 bits per heavy atom. The van der Waals surface area contributed by atoms with E-state index in [0.717, 1.165) is 12.8 Å². The summed E-state index contributed by atoms with van der Waals surface area (Å²) in [6.45, 7) is 3.97. The van der Waals surface area contributed by atoms with Crippen LogP contribution in [-0.2, 0) is 9.53 Å². The zero-order valence-corrected chi connectivity index (χ0v) is 17.1. The second kappa shape index (κ2) is 9.65. The molecule has 0 heterocycles. The number of esters is 1. The van der Waals surface area contributed by atoms with Gasteiger partial charge in [-0.3, -0.25) is 4.79 Å².